The predicted octanol–water partition coefficient (Wildman–Crippen LogP) is 9.14. The fraction of sp³-hybridized carbons (Fsp3) is 0.176. The first-order chi connectivity index (χ1) is 18.2. The third-order valence-corrected chi connectivity index (χ3v) is 8.72. The Hall–Kier alpha value is -3.82. The maximum atomic E-state index is 5.07. The molecular formula is C34H28N2S. The van der Waals surface area contributed by atoms with Gasteiger partial charge in [-0.2, -0.15) is 0 Å². The molecule has 180 valence electrons. The molecule has 3 aromatic heterocycles. The largest absolute Gasteiger partial charge is 0.257 e. The van der Waals surface area contributed by atoms with E-state index >= 15 is 0 Å². The third kappa shape index (κ3) is 3.86. The van der Waals surface area contributed by atoms with Crippen LogP contribution < -0.4 is 0 Å². The highest BCUT2D eigenvalue weighted by molar-refractivity contribution is 7.23. The molecule has 3 heteroatoms. The third-order valence-electron chi connectivity index (χ3n) is 7.43. The van der Waals surface area contributed by atoms with Crippen LogP contribution in [0.15, 0.2) is 91.1 Å². The van der Waals surface area contributed by atoms with E-state index in [1.54, 1.807) is 0 Å². The van der Waals surface area contributed by atoms with E-state index < -0.39 is 0 Å². The summed E-state index contributed by atoms with van der Waals surface area (Å²) in [5.41, 5.74) is 9.96. The van der Waals surface area contributed by atoms with Crippen LogP contribution in [-0.4, -0.2) is 9.97 Å². The van der Waals surface area contributed by atoms with Crippen LogP contribution in [0.4, 0.5) is 0 Å². The van der Waals surface area contributed by atoms with Crippen LogP contribution in [0.1, 0.15) is 30.8 Å². The van der Waals surface area contributed by atoms with E-state index in [1.807, 2.05) is 17.5 Å². The number of thiophene rings is 1. The van der Waals surface area contributed by atoms with Gasteiger partial charge in [-0.1, -0.05) is 68.4 Å². The van der Waals surface area contributed by atoms with Crippen molar-refractivity contribution in [2.45, 2.75) is 33.1 Å². The molecule has 0 amide bonds. The summed E-state index contributed by atoms with van der Waals surface area (Å²) >= 11 is 1.89. The first-order valence-electron chi connectivity index (χ1n) is 13.1. The van der Waals surface area contributed by atoms with Crippen molar-refractivity contribution in [2.24, 2.45) is 5.92 Å². The first-order valence-corrected chi connectivity index (χ1v) is 14.0. The van der Waals surface area contributed by atoms with E-state index in [-0.39, 0.29) is 0 Å². The molecule has 37 heavy (non-hydrogen) atoms. The standard InChI is InChI=1S/C34H28N2S/c1-21(2)18-25-12-13-29-31(36-25)15-14-27-28-16-17-35-32(34(28)37-33(27)29)24-19-23-10-6-7-11-26(23)30(20-24)22-8-4-3-5-9-22/h3-13,16-17,19-21H,14-15,18H2,1-2H3. The van der Waals surface area contributed by atoms with Gasteiger partial charge in [0.25, 0.3) is 0 Å². The van der Waals surface area contributed by atoms with Gasteiger partial charge >= 0.3 is 0 Å². The number of hydrogen-bond acceptors (Lipinski definition) is 3. The molecule has 1 aliphatic rings. The van der Waals surface area contributed by atoms with E-state index in [0.717, 1.165) is 25.0 Å². The number of pyridine rings is 2. The van der Waals surface area contributed by atoms with Crippen LogP contribution in [0.25, 0.3) is 53.7 Å². The zero-order valence-corrected chi connectivity index (χ0v) is 22.0. The second kappa shape index (κ2) is 8.93. The minimum absolute atomic E-state index is 0.616. The van der Waals surface area contributed by atoms with Gasteiger partial charge in [-0.15, -0.1) is 11.3 Å². The van der Waals surface area contributed by atoms with Gasteiger partial charge in [0.05, 0.1) is 10.4 Å². The van der Waals surface area contributed by atoms with E-state index in [2.05, 4.69) is 98.8 Å². The quantitative estimate of drug-likeness (QED) is 0.243. The zero-order chi connectivity index (χ0) is 24.9. The average molecular weight is 497 g/mol. The smallest absolute Gasteiger partial charge is 0.0880 e. The lowest BCUT2D eigenvalue weighted by Gasteiger charge is -2.17. The maximum absolute atomic E-state index is 5.07. The van der Waals surface area contributed by atoms with E-state index in [1.165, 1.54) is 64.9 Å². The highest BCUT2D eigenvalue weighted by atomic mass is 32.1. The second-order valence-electron chi connectivity index (χ2n) is 10.5. The molecule has 6 aromatic rings. The van der Waals surface area contributed by atoms with Crippen LogP contribution in [0.2, 0.25) is 0 Å². The number of benzene rings is 3. The second-order valence-corrected chi connectivity index (χ2v) is 11.5. The Bertz CT molecular complexity index is 1780. The first kappa shape index (κ1) is 22.4. The minimum atomic E-state index is 0.616. The maximum Gasteiger partial charge on any atom is 0.0880 e. The van der Waals surface area contributed by atoms with Crippen molar-refractivity contribution >= 4 is 32.2 Å². The summed E-state index contributed by atoms with van der Waals surface area (Å²) in [6.45, 7) is 4.52. The van der Waals surface area contributed by atoms with Gasteiger partial charge in [0.15, 0.2) is 0 Å². The van der Waals surface area contributed by atoms with E-state index in [0.29, 0.717) is 5.92 Å². The zero-order valence-electron chi connectivity index (χ0n) is 21.2. The molecule has 0 unspecified atom stereocenters. The fourth-order valence-corrected chi connectivity index (χ4v) is 7.17. The van der Waals surface area contributed by atoms with Crippen LogP contribution in [-0.2, 0) is 19.3 Å². The molecule has 0 aliphatic heterocycles. The molecule has 0 bridgehead atoms. The normalized spacial score (nSPS) is 12.7. The number of aromatic nitrogens is 2. The Balaban J connectivity index is 1.42. The van der Waals surface area contributed by atoms with Crippen molar-refractivity contribution in [1.82, 2.24) is 9.97 Å². The highest BCUT2D eigenvalue weighted by Gasteiger charge is 2.24. The molecule has 7 rings (SSSR count). The van der Waals surface area contributed by atoms with Gasteiger partial charge in [0.2, 0.25) is 0 Å². The van der Waals surface area contributed by atoms with Crippen molar-refractivity contribution in [3.8, 4) is 32.8 Å². The lowest BCUT2D eigenvalue weighted by molar-refractivity contribution is 0.632. The molecule has 2 nitrogen and oxygen atoms in total. The van der Waals surface area contributed by atoms with E-state index in [4.69, 9.17) is 9.97 Å². The Kier molecular flexibility index (Phi) is 5.40. The van der Waals surface area contributed by atoms with Crippen LogP contribution in [0.3, 0.4) is 0 Å². The number of rotatable bonds is 4. The topological polar surface area (TPSA) is 25.8 Å². The Morgan fingerprint density at radius 3 is 2.49 bits per heavy atom. The molecule has 0 spiro atoms. The average Bonchev–Trinajstić information content (AvgIpc) is 3.32. The summed E-state index contributed by atoms with van der Waals surface area (Å²) in [4.78, 5) is 11.4. The number of hydrogen-bond donors (Lipinski definition) is 0. The Morgan fingerprint density at radius 2 is 1.62 bits per heavy atom. The molecule has 0 fully saturated rings. The van der Waals surface area contributed by atoms with Crippen molar-refractivity contribution < 1.29 is 0 Å². The van der Waals surface area contributed by atoms with Crippen molar-refractivity contribution in [2.75, 3.05) is 0 Å². The monoisotopic (exact) mass is 496 g/mol. The van der Waals surface area contributed by atoms with Crippen LogP contribution in [0.5, 0.6) is 0 Å². The summed E-state index contributed by atoms with van der Waals surface area (Å²) in [5, 5.41) is 3.86. The molecule has 3 heterocycles. The molecular weight excluding hydrogens is 468 g/mol. The summed E-state index contributed by atoms with van der Waals surface area (Å²) in [5.74, 6) is 0.616. The Morgan fingerprint density at radius 1 is 0.784 bits per heavy atom. The predicted molar refractivity (Wildman–Crippen MR) is 157 cm³/mol. The van der Waals surface area contributed by atoms with Gasteiger partial charge in [-0.3, -0.25) is 9.97 Å². The summed E-state index contributed by atoms with van der Waals surface area (Å²) < 4.78 is 1.28. The lowest BCUT2D eigenvalue weighted by Crippen LogP contribution is -2.07. The summed E-state index contributed by atoms with van der Waals surface area (Å²) in [7, 11) is 0. The number of fused-ring (bicyclic) bond motifs is 6. The molecule has 3 aromatic carbocycles. The van der Waals surface area contributed by atoms with Crippen LogP contribution >= 0.6 is 11.3 Å². The summed E-state index contributed by atoms with van der Waals surface area (Å²) in [6.07, 6.45) is 5.07. The molecule has 0 N–H and O–H groups in total. The number of nitrogens with zero attached hydrogens (tertiary/aromatic N) is 2. The molecule has 0 saturated heterocycles. The van der Waals surface area contributed by atoms with Gasteiger partial charge in [0, 0.05) is 39.0 Å². The fourth-order valence-electron chi connectivity index (χ4n) is 5.77. The van der Waals surface area contributed by atoms with Crippen molar-refractivity contribution in [3.63, 3.8) is 0 Å². The minimum Gasteiger partial charge on any atom is -0.257 e. The van der Waals surface area contributed by atoms with Gasteiger partial charge < -0.3 is 0 Å². The van der Waals surface area contributed by atoms with Crippen molar-refractivity contribution in [1.29, 1.82) is 0 Å². The Labute approximate surface area is 221 Å². The van der Waals surface area contributed by atoms with Crippen LogP contribution in [0, 0.1) is 5.92 Å². The van der Waals surface area contributed by atoms with Gasteiger partial charge in [-0.05, 0) is 83.0 Å². The molecule has 1 aliphatic carbocycles. The van der Waals surface area contributed by atoms with E-state index in [9.17, 15) is 0 Å². The molecule has 0 atom stereocenters. The summed E-state index contributed by atoms with van der Waals surface area (Å²) in [6, 6.07) is 30.7. The van der Waals surface area contributed by atoms with Gasteiger partial charge in [0.1, 0.15) is 0 Å². The molecule has 0 radical (unpaired) electrons. The van der Waals surface area contributed by atoms with Crippen molar-refractivity contribution in [3.05, 3.63) is 108 Å². The highest BCUT2D eigenvalue weighted by Crippen LogP contribution is 2.46. The van der Waals surface area contributed by atoms with Gasteiger partial charge in [-0.25, -0.2) is 0 Å². The SMILES string of the molecule is CC(C)Cc1ccc2c(n1)CCc1c-2sc2c(-c3cc(-c4ccccc4)c4ccccc4c3)nccc12. The number of aryl methyl sites for hydroxylation is 2. The molecule has 0 saturated carbocycles. The lowest BCUT2D eigenvalue weighted by atomic mass is 9.91.